The maximum atomic E-state index is 10.9. The Kier molecular flexibility index (Phi) is 3.85. The molecule has 1 aliphatic carbocycles. The highest BCUT2D eigenvalue weighted by Gasteiger charge is 2.40. The number of carbonyl (C=O) groups is 1. The van der Waals surface area contributed by atoms with Gasteiger partial charge < -0.3 is 10.0 Å². The normalized spacial score (nSPS) is 32.3. The quantitative estimate of drug-likeness (QED) is 0.798. The fraction of sp³-hybridized carbons (Fsp3) is 0.923. The van der Waals surface area contributed by atoms with Crippen LogP contribution in [0.25, 0.3) is 0 Å². The standard InChI is InChI=1S/C13H23NO2/c1-2-14-8-7-11(9-12(15)16)13(14)10-5-3-4-6-10/h10-11,13H,2-9H2,1H3,(H,15,16)/t11-,13-/m1/s1. The minimum Gasteiger partial charge on any atom is -0.481 e. The predicted octanol–water partition coefficient (Wildman–Crippen LogP) is 2.36. The summed E-state index contributed by atoms with van der Waals surface area (Å²) in [6, 6.07) is 0.559. The van der Waals surface area contributed by atoms with Gasteiger partial charge in [0.05, 0.1) is 0 Å². The SMILES string of the molecule is CCN1CC[C@H](CC(=O)O)[C@H]1C1CCCC1. The Morgan fingerprint density at radius 3 is 2.56 bits per heavy atom. The van der Waals surface area contributed by atoms with Crippen LogP contribution in [0.4, 0.5) is 0 Å². The molecule has 1 aliphatic heterocycles. The summed E-state index contributed by atoms with van der Waals surface area (Å²) in [7, 11) is 0. The minimum atomic E-state index is -0.619. The predicted molar refractivity (Wildman–Crippen MR) is 63.4 cm³/mol. The van der Waals surface area contributed by atoms with Gasteiger partial charge in [-0.2, -0.15) is 0 Å². The number of carboxylic acid groups (broad SMARTS) is 1. The molecule has 3 nitrogen and oxygen atoms in total. The average Bonchev–Trinajstić information content (AvgIpc) is 2.84. The van der Waals surface area contributed by atoms with Crippen molar-refractivity contribution < 1.29 is 9.90 Å². The molecule has 1 saturated heterocycles. The average molecular weight is 225 g/mol. The molecule has 2 atom stereocenters. The number of nitrogens with zero attached hydrogens (tertiary/aromatic N) is 1. The van der Waals surface area contributed by atoms with Gasteiger partial charge in [-0.05, 0) is 44.2 Å². The molecular formula is C13H23NO2. The Morgan fingerprint density at radius 1 is 1.31 bits per heavy atom. The molecule has 1 saturated carbocycles. The van der Waals surface area contributed by atoms with Gasteiger partial charge in [-0.15, -0.1) is 0 Å². The van der Waals surface area contributed by atoms with E-state index in [0.29, 0.717) is 18.4 Å². The van der Waals surface area contributed by atoms with Gasteiger partial charge >= 0.3 is 5.97 Å². The van der Waals surface area contributed by atoms with Crippen molar-refractivity contribution in [3.63, 3.8) is 0 Å². The first kappa shape index (κ1) is 11.9. The molecule has 2 aliphatic rings. The van der Waals surface area contributed by atoms with Gasteiger partial charge in [0.25, 0.3) is 0 Å². The van der Waals surface area contributed by atoms with Crippen molar-refractivity contribution in [1.82, 2.24) is 4.90 Å². The number of likely N-dealkylation sites (tertiary alicyclic amines) is 1. The Balaban J connectivity index is 2.03. The van der Waals surface area contributed by atoms with Crippen molar-refractivity contribution in [2.24, 2.45) is 11.8 Å². The zero-order chi connectivity index (χ0) is 11.5. The molecule has 92 valence electrons. The molecule has 0 aromatic carbocycles. The van der Waals surface area contributed by atoms with Crippen molar-refractivity contribution in [3.8, 4) is 0 Å². The Hall–Kier alpha value is -0.570. The lowest BCUT2D eigenvalue weighted by Gasteiger charge is -2.32. The molecule has 2 fully saturated rings. The number of rotatable bonds is 4. The topological polar surface area (TPSA) is 40.5 Å². The van der Waals surface area contributed by atoms with Crippen molar-refractivity contribution in [1.29, 1.82) is 0 Å². The van der Waals surface area contributed by atoms with Gasteiger partial charge in [-0.3, -0.25) is 4.79 Å². The van der Waals surface area contributed by atoms with E-state index in [-0.39, 0.29) is 0 Å². The maximum absolute atomic E-state index is 10.9. The lowest BCUT2D eigenvalue weighted by atomic mass is 9.86. The van der Waals surface area contributed by atoms with Crippen LogP contribution in [0.15, 0.2) is 0 Å². The molecule has 1 heterocycles. The summed E-state index contributed by atoms with van der Waals surface area (Å²) in [5, 5.41) is 8.97. The lowest BCUT2D eigenvalue weighted by Crippen LogP contribution is -2.38. The fourth-order valence-corrected chi connectivity index (χ4v) is 3.75. The van der Waals surface area contributed by atoms with Crippen molar-refractivity contribution in [3.05, 3.63) is 0 Å². The minimum absolute atomic E-state index is 0.373. The number of hydrogen-bond acceptors (Lipinski definition) is 2. The highest BCUT2D eigenvalue weighted by molar-refractivity contribution is 5.67. The van der Waals surface area contributed by atoms with Crippen LogP contribution in [0.5, 0.6) is 0 Å². The lowest BCUT2D eigenvalue weighted by molar-refractivity contribution is -0.138. The molecule has 0 aromatic rings. The van der Waals surface area contributed by atoms with Gasteiger partial charge in [0, 0.05) is 12.5 Å². The van der Waals surface area contributed by atoms with Crippen LogP contribution < -0.4 is 0 Å². The number of hydrogen-bond donors (Lipinski definition) is 1. The second-order valence-electron chi connectivity index (χ2n) is 5.31. The molecule has 2 rings (SSSR count). The Bertz CT molecular complexity index is 248. The van der Waals surface area contributed by atoms with Crippen molar-refractivity contribution >= 4 is 5.97 Å². The van der Waals surface area contributed by atoms with E-state index in [0.717, 1.165) is 25.4 Å². The van der Waals surface area contributed by atoms with Crippen LogP contribution in [0.3, 0.4) is 0 Å². The highest BCUT2D eigenvalue weighted by atomic mass is 16.4. The van der Waals surface area contributed by atoms with Crippen LogP contribution in [0.2, 0.25) is 0 Å². The number of carboxylic acids is 1. The summed E-state index contributed by atoms with van der Waals surface area (Å²) in [6.07, 6.45) is 6.78. The van der Waals surface area contributed by atoms with E-state index in [1.807, 2.05) is 0 Å². The van der Waals surface area contributed by atoms with Crippen LogP contribution >= 0.6 is 0 Å². The molecule has 0 bridgehead atoms. The van der Waals surface area contributed by atoms with E-state index in [9.17, 15) is 4.79 Å². The first-order chi connectivity index (χ1) is 7.72. The van der Waals surface area contributed by atoms with E-state index in [1.54, 1.807) is 0 Å². The van der Waals surface area contributed by atoms with E-state index >= 15 is 0 Å². The van der Waals surface area contributed by atoms with E-state index in [4.69, 9.17) is 5.11 Å². The zero-order valence-electron chi connectivity index (χ0n) is 10.2. The molecule has 0 unspecified atom stereocenters. The van der Waals surface area contributed by atoms with Gasteiger partial charge in [0.2, 0.25) is 0 Å². The van der Waals surface area contributed by atoms with Crippen molar-refractivity contribution in [2.75, 3.05) is 13.1 Å². The Morgan fingerprint density at radius 2 is 2.00 bits per heavy atom. The van der Waals surface area contributed by atoms with E-state index in [2.05, 4.69) is 11.8 Å². The molecule has 16 heavy (non-hydrogen) atoms. The Labute approximate surface area is 97.8 Å². The zero-order valence-corrected chi connectivity index (χ0v) is 10.2. The third-order valence-corrected chi connectivity index (χ3v) is 4.42. The molecule has 0 radical (unpaired) electrons. The van der Waals surface area contributed by atoms with Crippen LogP contribution in [0.1, 0.15) is 45.4 Å². The molecular weight excluding hydrogens is 202 g/mol. The highest BCUT2D eigenvalue weighted by Crippen LogP contribution is 2.39. The van der Waals surface area contributed by atoms with Gasteiger partial charge in [-0.1, -0.05) is 19.8 Å². The van der Waals surface area contributed by atoms with Crippen LogP contribution in [-0.2, 0) is 4.79 Å². The molecule has 1 N–H and O–H groups in total. The summed E-state index contributed by atoms with van der Waals surface area (Å²) in [5.41, 5.74) is 0. The molecule has 0 amide bonds. The van der Waals surface area contributed by atoms with Crippen molar-refractivity contribution in [2.45, 2.75) is 51.5 Å². The van der Waals surface area contributed by atoms with Gasteiger partial charge in [0.1, 0.15) is 0 Å². The summed E-state index contributed by atoms with van der Waals surface area (Å²) < 4.78 is 0. The summed E-state index contributed by atoms with van der Waals surface area (Å²) >= 11 is 0. The maximum Gasteiger partial charge on any atom is 0.303 e. The smallest absolute Gasteiger partial charge is 0.303 e. The third kappa shape index (κ3) is 2.40. The summed E-state index contributed by atoms with van der Waals surface area (Å²) in [4.78, 5) is 13.4. The van der Waals surface area contributed by atoms with Gasteiger partial charge in [0.15, 0.2) is 0 Å². The molecule has 0 aromatic heterocycles. The third-order valence-electron chi connectivity index (χ3n) is 4.42. The molecule has 0 spiro atoms. The van der Waals surface area contributed by atoms with Crippen LogP contribution in [-0.4, -0.2) is 35.1 Å². The summed E-state index contributed by atoms with van der Waals surface area (Å²) in [5.74, 6) is 0.554. The fourth-order valence-electron chi connectivity index (χ4n) is 3.75. The summed E-state index contributed by atoms with van der Waals surface area (Å²) in [6.45, 7) is 4.39. The first-order valence-corrected chi connectivity index (χ1v) is 6.68. The second kappa shape index (κ2) is 5.17. The van der Waals surface area contributed by atoms with Crippen LogP contribution in [0, 0.1) is 11.8 Å². The molecule has 3 heteroatoms. The number of aliphatic carboxylic acids is 1. The van der Waals surface area contributed by atoms with E-state index in [1.165, 1.54) is 25.7 Å². The monoisotopic (exact) mass is 225 g/mol. The van der Waals surface area contributed by atoms with Gasteiger partial charge in [-0.25, -0.2) is 0 Å². The largest absolute Gasteiger partial charge is 0.481 e. The first-order valence-electron chi connectivity index (χ1n) is 6.68. The van der Waals surface area contributed by atoms with E-state index < -0.39 is 5.97 Å². The second-order valence-corrected chi connectivity index (χ2v) is 5.31.